The van der Waals surface area contributed by atoms with E-state index >= 15 is 0 Å². The molecule has 3 rings (SSSR count). The second kappa shape index (κ2) is 5.40. The van der Waals surface area contributed by atoms with Crippen molar-refractivity contribution < 1.29 is 14.6 Å². The Morgan fingerprint density at radius 2 is 1.90 bits per heavy atom. The van der Waals surface area contributed by atoms with E-state index in [0.717, 1.165) is 6.42 Å². The van der Waals surface area contributed by atoms with Gasteiger partial charge in [0.15, 0.2) is 0 Å². The third-order valence-corrected chi connectivity index (χ3v) is 3.34. The Morgan fingerprint density at radius 1 is 1.14 bits per heavy atom. The molecule has 1 aromatic heterocycles. The number of carbonyl (C=O) groups is 1. The molecule has 0 aliphatic carbocycles. The van der Waals surface area contributed by atoms with Gasteiger partial charge in [0.05, 0.1) is 28.6 Å². The van der Waals surface area contributed by atoms with Crippen LogP contribution in [-0.2, 0) is 0 Å². The zero-order valence-electron chi connectivity index (χ0n) is 11.7. The molecular weight excluding hydrogens is 266 g/mol. The quantitative estimate of drug-likeness (QED) is 0.737. The van der Waals surface area contributed by atoms with Crippen molar-refractivity contribution in [1.29, 1.82) is 0 Å². The zero-order valence-corrected chi connectivity index (χ0v) is 11.7. The topological polar surface area (TPSA) is 59.4 Å². The summed E-state index contributed by atoms with van der Waals surface area (Å²) < 4.78 is 5.70. The Morgan fingerprint density at radius 3 is 2.67 bits per heavy atom. The minimum Gasteiger partial charge on any atom is -0.493 e. The molecule has 0 saturated heterocycles. The molecule has 0 fully saturated rings. The molecule has 1 N–H and O–H groups in total. The average molecular weight is 281 g/mol. The Hall–Kier alpha value is -2.62. The summed E-state index contributed by atoms with van der Waals surface area (Å²) in [6.45, 7) is 2.56. The van der Waals surface area contributed by atoms with Crippen molar-refractivity contribution in [3.8, 4) is 5.75 Å². The van der Waals surface area contributed by atoms with E-state index in [9.17, 15) is 9.90 Å². The summed E-state index contributed by atoms with van der Waals surface area (Å²) in [4.78, 5) is 16.3. The Kier molecular flexibility index (Phi) is 3.44. The van der Waals surface area contributed by atoms with E-state index in [-0.39, 0.29) is 5.56 Å². The van der Waals surface area contributed by atoms with Gasteiger partial charge in [-0.05, 0) is 24.6 Å². The number of benzene rings is 2. The van der Waals surface area contributed by atoms with Crippen LogP contribution in [0.4, 0.5) is 0 Å². The summed E-state index contributed by atoms with van der Waals surface area (Å²) in [5, 5.41) is 10.8. The lowest BCUT2D eigenvalue weighted by molar-refractivity contribution is 0.0701. The molecule has 4 nitrogen and oxygen atoms in total. The van der Waals surface area contributed by atoms with E-state index in [0.29, 0.717) is 34.2 Å². The molecule has 21 heavy (non-hydrogen) atoms. The molecule has 106 valence electrons. The minimum absolute atomic E-state index is 0.252. The standard InChI is InChI=1S/C17H15NO3/c1-2-10-21-14-9-5-8-13-16(14)15(17(19)20)11-6-3-4-7-12(11)18-13/h3-9H,2,10H2,1H3,(H,19,20). The van der Waals surface area contributed by atoms with Crippen molar-refractivity contribution in [2.75, 3.05) is 6.61 Å². The van der Waals surface area contributed by atoms with Gasteiger partial charge in [0.2, 0.25) is 0 Å². The van der Waals surface area contributed by atoms with Crippen LogP contribution in [0.1, 0.15) is 23.7 Å². The van der Waals surface area contributed by atoms with E-state index in [4.69, 9.17) is 4.74 Å². The Balaban J connectivity index is 2.41. The first kappa shape index (κ1) is 13.4. The third kappa shape index (κ3) is 2.29. The van der Waals surface area contributed by atoms with E-state index in [1.165, 1.54) is 0 Å². The van der Waals surface area contributed by atoms with Gasteiger partial charge >= 0.3 is 5.97 Å². The number of fused-ring (bicyclic) bond motifs is 2. The SMILES string of the molecule is CCCOc1cccc2nc3ccccc3c(C(=O)O)c12. The number of pyridine rings is 1. The predicted molar refractivity (Wildman–Crippen MR) is 82.0 cm³/mol. The Labute approximate surface area is 122 Å². The summed E-state index contributed by atoms with van der Waals surface area (Å²) in [6, 6.07) is 12.7. The van der Waals surface area contributed by atoms with Crippen LogP contribution in [0.2, 0.25) is 0 Å². The molecule has 2 aromatic carbocycles. The van der Waals surface area contributed by atoms with Crippen LogP contribution in [0, 0.1) is 0 Å². The van der Waals surface area contributed by atoms with E-state index in [1.807, 2.05) is 37.3 Å². The van der Waals surface area contributed by atoms with Crippen molar-refractivity contribution in [3.63, 3.8) is 0 Å². The summed E-state index contributed by atoms with van der Waals surface area (Å²) in [6.07, 6.45) is 0.861. The maximum absolute atomic E-state index is 11.8. The summed E-state index contributed by atoms with van der Waals surface area (Å²) in [7, 11) is 0. The molecule has 0 amide bonds. The lowest BCUT2D eigenvalue weighted by Crippen LogP contribution is -2.04. The maximum atomic E-state index is 11.8. The van der Waals surface area contributed by atoms with Crippen LogP contribution >= 0.6 is 0 Å². The smallest absolute Gasteiger partial charge is 0.337 e. The second-order valence-corrected chi connectivity index (χ2v) is 4.81. The molecule has 4 heteroatoms. The van der Waals surface area contributed by atoms with Crippen molar-refractivity contribution in [1.82, 2.24) is 4.98 Å². The minimum atomic E-state index is -0.967. The second-order valence-electron chi connectivity index (χ2n) is 4.81. The highest BCUT2D eigenvalue weighted by molar-refractivity contribution is 6.15. The first-order valence-electron chi connectivity index (χ1n) is 6.90. The summed E-state index contributed by atoms with van der Waals surface area (Å²) in [5.41, 5.74) is 1.57. The molecule has 0 spiro atoms. The van der Waals surface area contributed by atoms with E-state index < -0.39 is 5.97 Å². The van der Waals surface area contributed by atoms with E-state index in [2.05, 4.69) is 4.98 Å². The van der Waals surface area contributed by atoms with E-state index in [1.54, 1.807) is 12.1 Å². The van der Waals surface area contributed by atoms with Crippen LogP contribution in [0.15, 0.2) is 42.5 Å². The van der Waals surface area contributed by atoms with Crippen LogP contribution < -0.4 is 4.74 Å². The Bertz CT molecular complexity index is 827. The lowest BCUT2D eigenvalue weighted by Gasteiger charge is -2.12. The van der Waals surface area contributed by atoms with Gasteiger partial charge in [-0.15, -0.1) is 0 Å². The van der Waals surface area contributed by atoms with Gasteiger partial charge in [0.1, 0.15) is 5.75 Å². The number of hydrogen-bond donors (Lipinski definition) is 1. The van der Waals surface area contributed by atoms with Gasteiger partial charge in [-0.1, -0.05) is 31.2 Å². The average Bonchev–Trinajstić information content (AvgIpc) is 2.50. The summed E-state index contributed by atoms with van der Waals surface area (Å²) >= 11 is 0. The number of para-hydroxylation sites is 1. The molecule has 0 atom stereocenters. The number of aromatic nitrogens is 1. The normalized spacial score (nSPS) is 10.9. The highest BCUT2D eigenvalue weighted by Gasteiger charge is 2.18. The molecule has 0 unspecified atom stereocenters. The van der Waals surface area contributed by atoms with Gasteiger partial charge in [-0.2, -0.15) is 0 Å². The molecule has 0 aliphatic rings. The molecule has 0 saturated carbocycles. The number of rotatable bonds is 4. The van der Waals surface area contributed by atoms with Gasteiger partial charge in [-0.3, -0.25) is 0 Å². The van der Waals surface area contributed by atoms with Crippen molar-refractivity contribution in [3.05, 3.63) is 48.0 Å². The van der Waals surface area contributed by atoms with Crippen molar-refractivity contribution in [2.45, 2.75) is 13.3 Å². The molecule has 0 bridgehead atoms. The third-order valence-electron chi connectivity index (χ3n) is 3.34. The monoisotopic (exact) mass is 281 g/mol. The fraction of sp³-hybridized carbons (Fsp3) is 0.176. The fourth-order valence-electron chi connectivity index (χ4n) is 2.47. The molecule has 3 aromatic rings. The van der Waals surface area contributed by atoms with Crippen molar-refractivity contribution >= 4 is 27.8 Å². The van der Waals surface area contributed by atoms with Crippen LogP contribution in [-0.4, -0.2) is 22.7 Å². The molecule has 1 heterocycles. The fourth-order valence-corrected chi connectivity index (χ4v) is 2.47. The highest BCUT2D eigenvalue weighted by Crippen LogP contribution is 2.32. The first-order chi connectivity index (χ1) is 10.2. The van der Waals surface area contributed by atoms with Gasteiger partial charge in [0, 0.05) is 5.39 Å². The maximum Gasteiger partial charge on any atom is 0.337 e. The molecule has 0 radical (unpaired) electrons. The number of ether oxygens (including phenoxy) is 1. The predicted octanol–water partition coefficient (Wildman–Crippen LogP) is 3.88. The van der Waals surface area contributed by atoms with Crippen LogP contribution in [0.5, 0.6) is 5.75 Å². The van der Waals surface area contributed by atoms with Crippen LogP contribution in [0.25, 0.3) is 21.8 Å². The van der Waals surface area contributed by atoms with Gasteiger partial charge in [0.25, 0.3) is 0 Å². The first-order valence-corrected chi connectivity index (χ1v) is 6.90. The molecule has 0 aliphatic heterocycles. The number of carboxylic acid groups (broad SMARTS) is 1. The zero-order chi connectivity index (χ0) is 14.8. The highest BCUT2D eigenvalue weighted by atomic mass is 16.5. The van der Waals surface area contributed by atoms with Crippen LogP contribution in [0.3, 0.4) is 0 Å². The number of nitrogens with zero attached hydrogens (tertiary/aromatic N) is 1. The lowest BCUT2D eigenvalue weighted by atomic mass is 10.0. The van der Waals surface area contributed by atoms with Gasteiger partial charge < -0.3 is 9.84 Å². The number of carboxylic acids is 1. The van der Waals surface area contributed by atoms with Gasteiger partial charge in [-0.25, -0.2) is 9.78 Å². The largest absolute Gasteiger partial charge is 0.493 e. The number of aromatic carboxylic acids is 1. The molecular formula is C17H15NO3. The summed E-state index contributed by atoms with van der Waals surface area (Å²) in [5.74, 6) is -0.392. The number of hydrogen-bond acceptors (Lipinski definition) is 3. The van der Waals surface area contributed by atoms with Crippen molar-refractivity contribution in [2.24, 2.45) is 0 Å².